The Morgan fingerprint density at radius 3 is 2.57 bits per heavy atom. The molecule has 2 atom stereocenters. The highest BCUT2D eigenvalue weighted by Crippen LogP contribution is 2.38. The highest BCUT2D eigenvalue weighted by atomic mass is 16.4. The molecule has 6 nitrogen and oxygen atoms in total. The fourth-order valence-corrected chi connectivity index (χ4v) is 3.44. The summed E-state index contributed by atoms with van der Waals surface area (Å²) < 4.78 is 0. The van der Waals surface area contributed by atoms with Crippen LogP contribution in [-0.4, -0.2) is 66.7 Å². The number of likely N-dealkylation sites (tertiary alicyclic amines) is 2. The summed E-state index contributed by atoms with van der Waals surface area (Å²) >= 11 is 0. The van der Waals surface area contributed by atoms with Crippen LogP contribution in [-0.2, 0) is 4.79 Å². The first-order chi connectivity index (χ1) is 9.85. The van der Waals surface area contributed by atoms with E-state index in [9.17, 15) is 14.7 Å². The van der Waals surface area contributed by atoms with Gasteiger partial charge in [-0.3, -0.25) is 4.79 Å². The smallest absolute Gasteiger partial charge is 0.317 e. The van der Waals surface area contributed by atoms with Gasteiger partial charge in [-0.15, -0.1) is 0 Å². The molecule has 6 heteroatoms. The van der Waals surface area contributed by atoms with Gasteiger partial charge < -0.3 is 20.2 Å². The summed E-state index contributed by atoms with van der Waals surface area (Å²) in [5.74, 6) is -0.252. The van der Waals surface area contributed by atoms with Gasteiger partial charge in [0.25, 0.3) is 0 Å². The van der Waals surface area contributed by atoms with Gasteiger partial charge in [-0.2, -0.15) is 0 Å². The predicted octanol–water partition coefficient (Wildman–Crippen LogP) is 1.08. The first-order valence-corrected chi connectivity index (χ1v) is 7.80. The van der Waals surface area contributed by atoms with E-state index in [4.69, 9.17) is 0 Å². The monoisotopic (exact) mass is 297 g/mol. The van der Waals surface area contributed by atoms with Gasteiger partial charge in [-0.25, -0.2) is 4.79 Å². The quantitative estimate of drug-likeness (QED) is 0.814. The summed E-state index contributed by atoms with van der Waals surface area (Å²) in [6.07, 6.45) is 1.65. The highest BCUT2D eigenvalue weighted by Gasteiger charge is 2.48. The van der Waals surface area contributed by atoms with E-state index in [2.05, 4.69) is 17.3 Å². The maximum absolute atomic E-state index is 12.2. The topological polar surface area (TPSA) is 72.9 Å². The van der Waals surface area contributed by atoms with Gasteiger partial charge >= 0.3 is 12.0 Å². The lowest BCUT2D eigenvalue weighted by atomic mass is 9.76. The zero-order chi connectivity index (χ0) is 15.6. The molecule has 0 radical (unpaired) electrons. The molecule has 2 aliphatic heterocycles. The number of rotatable bonds is 4. The summed E-state index contributed by atoms with van der Waals surface area (Å²) in [4.78, 5) is 27.7. The first kappa shape index (κ1) is 16.1. The van der Waals surface area contributed by atoms with Gasteiger partial charge in [0.2, 0.25) is 0 Å². The Morgan fingerprint density at radius 2 is 2.10 bits per heavy atom. The zero-order valence-electron chi connectivity index (χ0n) is 13.3. The number of carboxylic acid groups (broad SMARTS) is 1. The molecule has 2 N–H and O–H groups in total. The largest absolute Gasteiger partial charge is 0.481 e. The molecule has 0 aromatic rings. The second kappa shape index (κ2) is 6.22. The number of aliphatic carboxylic acids is 1. The first-order valence-electron chi connectivity index (χ1n) is 7.80. The number of carbonyl (C=O) groups is 2. The van der Waals surface area contributed by atoms with E-state index < -0.39 is 11.4 Å². The van der Waals surface area contributed by atoms with Crippen molar-refractivity contribution in [2.24, 2.45) is 17.3 Å². The van der Waals surface area contributed by atoms with E-state index in [1.54, 1.807) is 4.90 Å². The summed E-state index contributed by atoms with van der Waals surface area (Å²) in [6.45, 7) is 7.47. The Morgan fingerprint density at radius 1 is 1.38 bits per heavy atom. The van der Waals surface area contributed by atoms with Crippen LogP contribution in [0.4, 0.5) is 4.79 Å². The lowest BCUT2D eigenvalue weighted by Crippen LogP contribution is -2.44. The van der Waals surface area contributed by atoms with Gasteiger partial charge in [-0.05, 0) is 38.3 Å². The van der Waals surface area contributed by atoms with Crippen molar-refractivity contribution < 1.29 is 14.7 Å². The van der Waals surface area contributed by atoms with Crippen molar-refractivity contribution in [3.8, 4) is 0 Å². The van der Waals surface area contributed by atoms with Crippen LogP contribution in [0.3, 0.4) is 0 Å². The number of nitrogens with one attached hydrogen (secondary N) is 1. The van der Waals surface area contributed by atoms with Crippen molar-refractivity contribution in [2.75, 3.05) is 39.8 Å². The molecule has 2 rings (SSSR count). The van der Waals surface area contributed by atoms with E-state index in [-0.39, 0.29) is 11.9 Å². The Hall–Kier alpha value is -1.30. The van der Waals surface area contributed by atoms with Crippen LogP contribution in [0.15, 0.2) is 0 Å². The molecule has 2 aliphatic rings. The average Bonchev–Trinajstić information content (AvgIpc) is 3.03. The summed E-state index contributed by atoms with van der Waals surface area (Å²) in [7, 11) is 2.09. The molecular weight excluding hydrogens is 270 g/mol. The number of carbonyl (C=O) groups excluding carboxylic acids is 1. The number of amides is 2. The van der Waals surface area contributed by atoms with Crippen LogP contribution in [0.5, 0.6) is 0 Å². The zero-order valence-corrected chi connectivity index (χ0v) is 13.3. The molecule has 0 aliphatic carbocycles. The van der Waals surface area contributed by atoms with Crippen LogP contribution in [0.1, 0.15) is 26.7 Å². The Balaban J connectivity index is 1.85. The van der Waals surface area contributed by atoms with Gasteiger partial charge in [0.1, 0.15) is 0 Å². The van der Waals surface area contributed by atoms with Gasteiger partial charge in [0.15, 0.2) is 0 Å². The van der Waals surface area contributed by atoms with Crippen LogP contribution in [0, 0.1) is 17.3 Å². The van der Waals surface area contributed by atoms with Crippen LogP contribution in [0.2, 0.25) is 0 Å². The highest BCUT2D eigenvalue weighted by molar-refractivity contribution is 5.80. The van der Waals surface area contributed by atoms with Gasteiger partial charge in [-0.1, -0.05) is 13.8 Å². The average molecular weight is 297 g/mol. The predicted molar refractivity (Wildman–Crippen MR) is 80.1 cm³/mol. The minimum atomic E-state index is -0.787. The van der Waals surface area contributed by atoms with E-state index in [0.717, 1.165) is 19.5 Å². The fraction of sp³-hybridized carbons (Fsp3) is 0.867. The Labute approximate surface area is 126 Å². The molecule has 120 valence electrons. The summed E-state index contributed by atoms with van der Waals surface area (Å²) in [5.41, 5.74) is -0.787. The lowest BCUT2D eigenvalue weighted by molar-refractivity contribution is -0.150. The van der Waals surface area contributed by atoms with Gasteiger partial charge in [0, 0.05) is 26.2 Å². The molecule has 0 bridgehead atoms. The number of hydrogen-bond acceptors (Lipinski definition) is 3. The standard InChI is InChI=1S/C15H27N3O3/c1-11(2)15(13(19)20)5-7-18(10-15)14(21)16-8-12-4-6-17(3)9-12/h11-12H,4-10H2,1-3H3,(H,16,21)(H,19,20). The Kier molecular flexibility index (Phi) is 4.76. The van der Waals surface area contributed by atoms with Crippen molar-refractivity contribution in [1.82, 2.24) is 15.1 Å². The second-order valence-corrected chi connectivity index (χ2v) is 6.89. The van der Waals surface area contributed by atoms with E-state index >= 15 is 0 Å². The van der Waals surface area contributed by atoms with Gasteiger partial charge in [0.05, 0.1) is 5.41 Å². The molecule has 2 heterocycles. The molecular formula is C15H27N3O3. The lowest BCUT2D eigenvalue weighted by Gasteiger charge is -2.28. The molecule has 2 unspecified atom stereocenters. The number of carboxylic acids is 1. The third-order valence-electron chi connectivity index (χ3n) is 5.15. The van der Waals surface area contributed by atoms with Crippen LogP contribution in [0.25, 0.3) is 0 Å². The molecule has 2 amide bonds. The molecule has 2 fully saturated rings. The molecule has 0 spiro atoms. The second-order valence-electron chi connectivity index (χ2n) is 6.89. The van der Waals surface area contributed by atoms with Crippen molar-refractivity contribution in [1.29, 1.82) is 0 Å². The maximum atomic E-state index is 12.2. The maximum Gasteiger partial charge on any atom is 0.317 e. The van der Waals surface area contributed by atoms with Crippen molar-refractivity contribution >= 4 is 12.0 Å². The Bertz CT molecular complexity index is 413. The number of nitrogens with zero attached hydrogens (tertiary/aromatic N) is 2. The van der Waals surface area contributed by atoms with Crippen molar-refractivity contribution in [3.05, 3.63) is 0 Å². The van der Waals surface area contributed by atoms with E-state index in [0.29, 0.717) is 32.0 Å². The SMILES string of the molecule is CC(C)C1(C(=O)O)CCN(C(=O)NCC2CCN(C)C2)C1. The summed E-state index contributed by atoms with van der Waals surface area (Å²) in [5, 5.41) is 12.5. The normalized spacial score (nSPS) is 30.1. The minimum absolute atomic E-state index is 0.0243. The third-order valence-corrected chi connectivity index (χ3v) is 5.15. The molecule has 2 saturated heterocycles. The minimum Gasteiger partial charge on any atom is -0.481 e. The summed E-state index contributed by atoms with van der Waals surface area (Å²) in [6, 6.07) is -0.117. The fourth-order valence-electron chi connectivity index (χ4n) is 3.44. The number of hydrogen-bond donors (Lipinski definition) is 2. The van der Waals surface area contributed by atoms with E-state index in [1.807, 2.05) is 13.8 Å². The number of urea groups is 1. The van der Waals surface area contributed by atoms with E-state index in [1.165, 1.54) is 0 Å². The van der Waals surface area contributed by atoms with Crippen molar-refractivity contribution in [3.63, 3.8) is 0 Å². The molecule has 21 heavy (non-hydrogen) atoms. The molecule has 0 aromatic heterocycles. The van der Waals surface area contributed by atoms with Crippen LogP contribution >= 0.6 is 0 Å². The molecule has 0 aromatic carbocycles. The molecule has 0 saturated carbocycles. The third kappa shape index (κ3) is 3.31. The van der Waals surface area contributed by atoms with Crippen LogP contribution < -0.4 is 5.32 Å². The van der Waals surface area contributed by atoms with Crippen molar-refractivity contribution in [2.45, 2.75) is 26.7 Å².